The number of rotatable bonds is 5. The van der Waals surface area contributed by atoms with Gasteiger partial charge in [0, 0.05) is 25.6 Å². The third-order valence-electron chi connectivity index (χ3n) is 3.61. The summed E-state index contributed by atoms with van der Waals surface area (Å²) in [6.45, 7) is 2.82. The molecule has 17 heavy (non-hydrogen) atoms. The van der Waals surface area contributed by atoms with Gasteiger partial charge in [0.1, 0.15) is 0 Å². The van der Waals surface area contributed by atoms with Crippen LogP contribution in [-0.4, -0.2) is 59.5 Å². The van der Waals surface area contributed by atoms with Crippen LogP contribution in [0.3, 0.4) is 0 Å². The van der Waals surface area contributed by atoms with Crippen molar-refractivity contribution in [1.29, 1.82) is 0 Å². The van der Waals surface area contributed by atoms with E-state index in [1.807, 2.05) is 7.05 Å². The summed E-state index contributed by atoms with van der Waals surface area (Å²) in [5.41, 5.74) is 0. The molecule has 0 radical (unpaired) electrons. The van der Waals surface area contributed by atoms with Gasteiger partial charge in [-0.25, -0.2) is 0 Å². The predicted molar refractivity (Wildman–Crippen MR) is 64.8 cm³/mol. The Hall–Kier alpha value is -1.10. The van der Waals surface area contributed by atoms with Crippen molar-refractivity contribution in [3.05, 3.63) is 0 Å². The summed E-state index contributed by atoms with van der Waals surface area (Å²) in [5.74, 6) is -0.826. The molecule has 1 fully saturated rings. The molecular formula is C12H22N2O3. The Kier molecular flexibility index (Phi) is 4.93. The van der Waals surface area contributed by atoms with Gasteiger partial charge in [0.25, 0.3) is 0 Å². The zero-order valence-corrected chi connectivity index (χ0v) is 10.8. The second-order valence-electron chi connectivity index (χ2n) is 4.93. The van der Waals surface area contributed by atoms with Crippen molar-refractivity contribution in [1.82, 2.24) is 9.80 Å². The molecule has 0 spiro atoms. The van der Waals surface area contributed by atoms with E-state index < -0.39 is 5.97 Å². The lowest BCUT2D eigenvalue weighted by Crippen LogP contribution is -2.39. The van der Waals surface area contributed by atoms with Crippen molar-refractivity contribution in [3.8, 4) is 0 Å². The highest BCUT2D eigenvalue weighted by atomic mass is 16.4. The highest BCUT2D eigenvalue weighted by molar-refractivity contribution is 5.77. The number of hydrogen-bond donors (Lipinski definition) is 1. The van der Waals surface area contributed by atoms with Crippen LogP contribution >= 0.6 is 0 Å². The van der Waals surface area contributed by atoms with Gasteiger partial charge in [0.2, 0.25) is 5.91 Å². The maximum Gasteiger partial charge on any atom is 0.305 e. The van der Waals surface area contributed by atoms with E-state index in [-0.39, 0.29) is 18.4 Å². The molecule has 0 aromatic rings. The molecule has 98 valence electrons. The van der Waals surface area contributed by atoms with Crippen LogP contribution in [-0.2, 0) is 9.59 Å². The van der Waals surface area contributed by atoms with Crippen LogP contribution in [0.2, 0.25) is 0 Å². The Morgan fingerprint density at radius 2 is 2.18 bits per heavy atom. The topological polar surface area (TPSA) is 60.9 Å². The predicted octanol–water partition coefficient (Wildman–Crippen LogP) is 0.792. The molecule has 0 bridgehead atoms. The molecule has 0 saturated carbocycles. The van der Waals surface area contributed by atoms with Crippen LogP contribution in [0.4, 0.5) is 0 Å². The third kappa shape index (κ3) is 4.00. The van der Waals surface area contributed by atoms with Gasteiger partial charge in [-0.2, -0.15) is 0 Å². The van der Waals surface area contributed by atoms with E-state index in [0.717, 1.165) is 19.4 Å². The van der Waals surface area contributed by atoms with Gasteiger partial charge in [0.15, 0.2) is 0 Å². The standard InChI is InChI=1S/C12H22N2O3/c1-9(7-12(16)17)14(3)11(15)8-10-5-4-6-13(10)2/h9-10H,4-8H2,1-3H3,(H,16,17). The van der Waals surface area contributed by atoms with Crippen molar-refractivity contribution < 1.29 is 14.7 Å². The summed E-state index contributed by atoms with van der Waals surface area (Å²) >= 11 is 0. The van der Waals surface area contributed by atoms with E-state index in [2.05, 4.69) is 4.90 Å². The number of amides is 1. The Labute approximate surface area is 102 Å². The fraction of sp³-hybridized carbons (Fsp3) is 0.833. The summed E-state index contributed by atoms with van der Waals surface area (Å²) in [6.07, 6.45) is 2.70. The van der Waals surface area contributed by atoms with Crippen LogP contribution in [0.25, 0.3) is 0 Å². The van der Waals surface area contributed by atoms with Crippen molar-refractivity contribution in [3.63, 3.8) is 0 Å². The van der Waals surface area contributed by atoms with Crippen LogP contribution in [0.5, 0.6) is 0 Å². The van der Waals surface area contributed by atoms with Crippen LogP contribution < -0.4 is 0 Å². The van der Waals surface area contributed by atoms with Crippen molar-refractivity contribution >= 4 is 11.9 Å². The number of aliphatic carboxylic acids is 1. The minimum absolute atomic E-state index is 0.00272. The molecule has 1 rings (SSSR count). The Bertz CT molecular complexity index is 293. The van der Waals surface area contributed by atoms with Crippen LogP contribution in [0.15, 0.2) is 0 Å². The van der Waals surface area contributed by atoms with E-state index in [4.69, 9.17) is 5.11 Å². The lowest BCUT2D eigenvalue weighted by atomic mass is 10.1. The molecule has 1 amide bonds. The van der Waals surface area contributed by atoms with Gasteiger partial charge < -0.3 is 14.9 Å². The monoisotopic (exact) mass is 242 g/mol. The zero-order chi connectivity index (χ0) is 13.0. The molecule has 0 aliphatic carbocycles. The first-order chi connectivity index (χ1) is 7.91. The van der Waals surface area contributed by atoms with Crippen molar-refractivity contribution in [2.75, 3.05) is 20.6 Å². The number of carbonyl (C=O) groups excluding carboxylic acids is 1. The van der Waals surface area contributed by atoms with Gasteiger partial charge in [-0.15, -0.1) is 0 Å². The number of carboxylic acids is 1. The minimum atomic E-state index is -0.866. The largest absolute Gasteiger partial charge is 0.481 e. The molecule has 1 aliphatic heterocycles. The van der Waals surface area contributed by atoms with Crippen molar-refractivity contribution in [2.24, 2.45) is 0 Å². The van der Waals surface area contributed by atoms with E-state index >= 15 is 0 Å². The molecule has 5 nitrogen and oxygen atoms in total. The Balaban J connectivity index is 2.43. The maximum atomic E-state index is 12.0. The van der Waals surface area contributed by atoms with E-state index in [1.54, 1.807) is 18.9 Å². The average Bonchev–Trinajstić information content (AvgIpc) is 2.62. The van der Waals surface area contributed by atoms with Crippen LogP contribution in [0.1, 0.15) is 32.6 Å². The van der Waals surface area contributed by atoms with Gasteiger partial charge in [-0.1, -0.05) is 0 Å². The Morgan fingerprint density at radius 1 is 1.53 bits per heavy atom. The normalized spacial score (nSPS) is 22.4. The number of likely N-dealkylation sites (tertiary alicyclic amines) is 1. The number of hydrogen-bond acceptors (Lipinski definition) is 3. The molecule has 0 aromatic carbocycles. The first-order valence-electron chi connectivity index (χ1n) is 6.09. The van der Waals surface area contributed by atoms with Crippen LogP contribution in [0, 0.1) is 0 Å². The summed E-state index contributed by atoms with van der Waals surface area (Å²) in [6, 6.07) is 0.0775. The highest BCUT2D eigenvalue weighted by Gasteiger charge is 2.26. The SMILES string of the molecule is CC(CC(=O)O)N(C)C(=O)CC1CCCN1C. The quantitative estimate of drug-likeness (QED) is 0.774. The lowest BCUT2D eigenvalue weighted by Gasteiger charge is -2.27. The fourth-order valence-corrected chi connectivity index (χ4v) is 2.22. The molecular weight excluding hydrogens is 220 g/mol. The fourth-order valence-electron chi connectivity index (χ4n) is 2.22. The smallest absolute Gasteiger partial charge is 0.305 e. The third-order valence-corrected chi connectivity index (χ3v) is 3.61. The van der Waals surface area contributed by atoms with Gasteiger partial charge in [-0.05, 0) is 33.4 Å². The molecule has 1 saturated heterocycles. The number of carbonyl (C=O) groups is 2. The first-order valence-corrected chi connectivity index (χ1v) is 6.09. The van der Waals surface area contributed by atoms with Gasteiger partial charge in [-0.3, -0.25) is 9.59 Å². The molecule has 0 aromatic heterocycles. The maximum absolute atomic E-state index is 12.0. The first kappa shape index (κ1) is 14.0. The second kappa shape index (κ2) is 6.00. The summed E-state index contributed by atoms with van der Waals surface area (Å²) < 4.78 is 0. The minimum Gasteiger partial charge on any atom is -0.481 e. The van der Waals surface area contributed by atoms with E-state index in [1.165, 1.54) is 0 Å². The molecule has 2 unspecified atom stereocenters. The van der Waals surface area contributed by atoms with Crippen molar-refractivity contribution in [2.45, 2.75) is 44.7 Å². The molecule has 1 heterocycles. The highest BCUT2D eigenvalue weighted by Crippen LogP contribution is 2.19. The van der Waals surface area contributed by atoms with E-state index in [9.17, 15) is 9.59 Å². The number of nitrogens with zero attached hydrogens (tertiary/aromatic N) is 2. The molecule has 1 aliphatic rings. The van der Waals surface area contributed by atoms with Gasteiger partial charge in [0.05, 0.1) is 6.42 Å². The molecule has 5 heteroatoms. The summed E-state index contributed by atoms with van der Waals surface area (Å²) in [4.78, 5) is 26.3. The number of carboxylic acid groups (broad SMARTS) is 1. The summed E-state index contributed by atoms with van der Waals surface area (Å²) in [7, 11) is 3.72. The second-order valence-corrected chi connectivity index (χ2v) is 4.93. The van der Waals surface area contributed by atoms with Gasteiger partial charge >= 0.3 is 5.97 Å². The zero-order valence-electron chi connectivity index (χ0n) is 10.8. The Morgan fingerprint density at radius 3 is 2.65 bits per heavy atom. The summed E-state index contributed by atoms with van der Waals surface area (Å²) in [5, 5.41) is 8.69. The molecule has 1 N–H and O–H groups in total. The van der Waals surface area contributed by atoms with E-state index in [0.29, 0.717) is 12.5 Å². The average molecular weight is 242 g/mol. The lowest BCUT2D eigenvalue weighted by molar-refractivity contribution is -0.140. The molecule has 2 atom stereocenters.